The fourth-order valence-corrected chi connectivity index (χ4v) is 3.89. The van der Waals surface area contributed by atoms with Gasteiger partial charge in [0.2, 0.25) is 0 Å². The van der Waals surface area contributed by atoms with Gasteiger partial charge in [0, 0.05) is 18.7 Å². The maximum Gasteiger partial charge on any atom is 0.310 e. The number of benzene rings is 3. The molecule has 1 saturated heterocycles. The molecule has 1 heterocycles. The molecule has 1 amide bonds. The standard InChI is InChI=1S/C26H24FNO3/c27-23-13-11-21(12-14-23)25(29)28-17-15-22(16-18-28)26(30)31-24(19-7-3-1-4-8-19)20-9-5-2-6-10-20/h1-14,22,24H,15-18H2. The van der Waals surface area contributed by atoms with E-state index in [0.29, 0.717) is 31.5 Å². The van der Waals surface area contributed by atoms with E-state index < -0.39 is 6.10 Å². The van der Waals surface area contributed by atoms with E-state index in [9.17, 15) is 14.0 Å². The van der Waals surface area contributed by atoms with Gasteiger partial charge < -0.3 is 9.64 Å². The third kappa shape index (κ3) is 5.00. The van der Waals surface area contributed by atoms with Crippen molar-refractivity contribution >= 4 is 11.9 Å². The summed E-state index contributed by atoms with van der Waals surface area (Å²) in [5, 5.41) is 0. The number of ether oxygens (including phenoxy) is 1. The first-order valence-corrected chi connectivity index (χ1v) is 10.5. The lowest BCUT2D eigenvalue weighted by atomic mass is 9.95. The first kappa shape index (κ1) is 20.8. The van der Waals surface area contributed by atoms with Gasteiger partial charge >= 0.3 is 5.97 Å². The van der Waals surface area contributed by atoms with Crippen LogP contribution >= 0.6 is 0 Å². The van der Waals surface area contributed by atoms with Gasteiger partial charge in [-0.3, -0.25) is 9.59 Å². The lowest BCUT2D eigenvalue weighted by Gasteiger charge is -2.32. The molecule has 3 aromatic carbocycles. The smallest absolute Gasteiger partial charge is 0.310 e. The van der Waals surface area contributed by atoms with Crippen molar-refractivity contribution in [3.8, 4) is 0 Å². The number of carbonyl (C=O) groups is 2. The molecule has 0 aromatic heterocycles. The van der Waals surface area contributed by atoms with Gasteiger partial charge in [-0.1, -0.05) is 60.7 Å². The van der Waals surface area contributed by atoms with Crippen LogP contribution < -0.4 is 0 Å². The van der Waals surface area contributed by atoms with Crippen LogP contribution in [0.2, 0.25) is 0 Å². The predicted octanol–water partition coefficient (Wildman–Crippen LogP) is 5.01. The first-order chi connectivity index (χ1) is 15.1. The van der Waals surface area contributed by atoms with Crippen molar-refractivity contribution in [2.24, 2.45) is 5.92 Å². The molecule has 0 radical (unpaired) electrons. The van der Waals surface area contributed by atoms with Crippen LogP contribution in [0.25, 0.3) is 0 Å². The van der Waals surface area contributed by atoms with Crippen LogP contribution in [-0.2, 0) is 9.53 Å². The predicted molar refractivity (Wildman–Crippen MR) is 116 cm³/mol. The van der Waals surface area contributed by atoms with Crippen LogP contribution in [0.15, 0.2) is 84.9 Å². The Bertz CT molecular complexity index is 974. The maximum atomic E-state index is 13.1. The fourth-order valence-electron chi connectivity index (χ4n) is 3.89. The number of hydrogen-bond donors (Lipinski definition) is 0. The van der Waals surface area contributed by atoms with Gasteiger partial charge in [-0.25, -0.2) is 4.39 Å². The zero-order valence-corrected chi connectivity index (χ0v) is 17.1. The molecule has 4 rings (SSSR count). The molecule has 0 aliphatic carbocycles. The van der Waals surface area contributed by atoms with Crippen LogP contribution in [0.4, 0.5) is 4.39 Å². The van der Waals surface area contributed by atoms with Gasteiger partial charge in [0.15, 0.2) is 6.10 Å². The molecule has 158 valence electrons. The molecule has 0 N–H and O–H groups in total. The SMILES string of the molecule is O=C(OC(c1ccccc1)c1ccccc1)C1CCN(C(=O)c2ccc(F)cc2)CC1. The van der Waals surface area contributed by atoms with Crippen molar-refractivity contribution in [3.63, 3.8) is 0 Å². The van der Waals surface area contributed by atoms with Crippen molar-refractivity contribution in [2.75, 3.05) is 13.1 Å². The molecule has 4 nitrogen and oxygen atoms in total. The molecule has 0 bridgehead atoms. The van der Waals surface area contributed by atoms with E-state index in [2.05, 4.69) is 0 Å². The van der Waals surface area contributed by atoms with Crippen LogP contribution in [-0.4, -0.2) is 29.9 Å². The van der Waals surface area contributed by atoms with E-state index in [-0.39, 0.29) is 23.6 Å². The monoisotopic (exact) mass is 417 g/mol. The van der Waals surface area contributed by atoms with Gasteiger partial charge in [0.25, 0.3) is 5.91 Å². The summed E-state index contributed by atoms with van der Waals surface area (Å²) in [6, 6.07) is 24.9. The number of amides is 1. The van der Waals surface area contributed by atoms with E-state index >= 15 is 0 Å². The first-order valence-electron chi connectivity index (χ1n) is 10.5. The number of likely N-dealkylation sites (tertiary alicyclic amines) is 1. The number of nitrogens with zero attached hydrogens (tertiary/aromatic N) is 1. The van der Waals surface area contributed by atoms with Crippen molar-refractivity contribution in [2.45, 2.75) is 18.9 Å². The molecule has 0 saturated carbocycles. The Morgan fingerprint density at radius 2 is 1.32 bits per heavy atom. The molecule has 0 spiro atoms. The second-order valence-corrected chi connectivity index (χ2v) is 7.71. The Morgan fingerprint density at radius 3 is 1.84 bits per heavy atom. The fraction of sp³-hybridized carbons (Fsp3) is 0.231. The molecule has 5 heteroatoms. The quantitative estimate of drug-likeness (QED) is 0.548. The number of esters is 1. The van der Waals surface area contributed by atoms with E-state index in [4.69, 9.17) is 4.74 Å². The second-order valence-electron chi connectivity index (χ2n) is 7.71. The topological polar surface area (TPSA) is 46.6 Å². The zero-order valence-electron chi connectivity index (χ0n) is 17.1. The summed E-state index contributed by atoms with van der Waals surface area (Å²) >= 11 is 0. The minimum absolute atomic E-state index is 0.140. The Labute approximate surface area is 181 Å². The largest absolute Gasteiger partial charge is 0.452 e. The van der Waals surface area contributed by atoms with Crippen molar-refractivity contribution in [1.29, 1.82) is 0 Å². The van der Waals surface area contributed by atoms with Crippen LogP contribution in [0.3, 0.4) is 0 Å². The average molecular weight is 417 g/mol. The van der Waals surface area contributed by atoms with Gasteiger partial charge in [-0.05, 0) is 48.2 Å². The van der Waals surface area contributed by atoms with Crippen molar-refractivity contribution in [3.05, 3.63) is 107 Å². The normalized spacial score (nSPS) is 14.5. The minimum atomic E-state index is -0.464. The summed E-state index contributed by atoms with van der Waals surface area (Å²) in [6.45, 7) is 0.939. The van der Waals surface area contributed by atoms with E-state index in [1.54, 1.807) is 4.90 Å². The number of hydrogen-bond acceptors (Lipinski definition) is 3. The molecule has 1 fully saturated rings. The van der Waals surface area contributed by atoms with Crippen LogP contribution in [0, 0.1) is 11.7 Å². The highest BCUT2D eigenvalue weighted by molar-refractivity contribution is 5.94. The number of rotatable bonds is 5. The molecule has 1 aliphatic rings. The highest BCUT2D eigenvalue weighted by Gasteiger charge is 2.31. The Kier molecular flexibility index (Phi) is 6.41. The van der Waals surface area contributed by atoms with Gasteiger partial charge in [0.05, 0.1) is 5.92 Å². The molecule has 1 aliphatic heterocycles. The second kappa shape index (κ2) is 9.56. The molecule has 0 atom stereocenters. The molecule has 0 unspecified atom stereocenters. The molecule has 31 heavy (non-hydrogen) atoms. The minimum Gasteiger partial charge on any atom is -0.452 e. The third-order valence-electron chi connectivity index (χ3n) is 5.65. The highest BCUT2D eigenvalue weighted by Crippen LogP contribution is 2.29. The lowest BCUT2D eigenvalue weighted by Crippen LogP contribution is -2.40. The van der Waals surface area contributed by atoms with E-state index in [0.717, 1.165) is 11.1 Å². The summed E-state index contributed by atoms with van der Waals surface area (Å²) in [6.07, 6.45) is 0.623. The van der Waals surface area contributed by atoms with Gasteiger partial charge in [-0.2, -0.15) is 0 Å². The maximum absolute atomic E-state index is 13.1. The van der Waals surface area contributed by atoms with Crippen molar-refractivity contribution < 1.29 is 18.7 Å². The zero-order chi connectivity index (χ0) is 21.6. The van der Waals surface area contributed by atoms with Crippen molar-refractivity contribution in [1.82, 2.24) is 4.90 Å². The summed E-state index contributed by atoms with van der Waals surface area (Å²) in [5.74, 6) is -1.01. The van der Waals surface area contributed by atoms with Crippen LogP contribution in [0.5, 0.6) is 0 Å². The highest BCUT2D eigenvalue weighted by atomic mass is 19.1. The number of halogens is 1. The summed E-state index contributed by atoms with van der Waals surface area (Å²) < 4.78 is 19.1. The van der Waals surface area contributed by atoms with Gasteiger partial charge in [-0.15, -0.1) is 0 Å². The summed E-state index contributed by atoms with van der Waals surface area (Å²) in [7, 11) is 0. The Balaban J connectivity index is 1.40. The Hall–Kier alpha value is -3.47. The third-order valence-corrected chi connectivity index (χ3v) is 5.65. The van der Waals surface area contributed by atoms with Gasteiger partial charge in [0.1, 0.15) is 5.82 Å². The lowest BCUT2D eigenvalue weighted by molar-refractivity contribution is -0.154. The Morgan fingerprint density at radius 1 is 0.806 bits per heavy atom. The van der Waals surface area contributed by atoms with Crippen LogP contribution in [0.1, 0.15) is 40.4 Å². The molecular formula is C26H24FNO3. The number of carbonyl (C=O) groups excluding carboxylic acids is 2. The molecular weight excluding hydrogens is 393 g/mol. The van der Waals surface area contributed by atoms with E-state index in [1.165, 1.54) is 24.3 Å². The average Bonchev–Trinajstić information content (AvgIpc) is 2.83. The summed E-state index contributed by atoms with van der Waals surface area (Å²) in [4.78, 5) is 27.3. The number of piperidine rings is 1. The van der Waals surface area contributed by atoms with E-state index in [1.807, 2.05) is 60.7 Å². The summed E-state index contributed by atoms with van der Waals surface area (Å²) in [5.41, 5.74) is 2.30. The molecule has 3 aromatic rings.